The van der Waals surface area contributed by atoms with Gasteiger partial charge in [0.15, 0.2) is 0 Å². The number of quaternary nitrogens is 1. The molecule has 0 aromatic heterocycles. The van der Waals surface area contributed by atoms with Gasteiger partial charge in [-0.3, -0.25) is 0 Å². The molecule has 3 nitrogen and oxygen atoms in total. The summed E-state index contributed by atoms with van der Waals surface area (Å²) in [5.41, 5.74) is 0. The largest absolute Gasteiger partial charge is 0.393 e. The molecular formula is C21H46NO2+. The van der Waals surface area contributed by atoms with Crippen LogP contribution in [0, 0.1) is 0 Å². The normalized spacial score (nSPS) is 14.8. The fourth-order valence-corrected chi connectivity index (χ4v) is 3.36. The molecule has 146 valence electrons. The molecule has 2 unspecified atom stereocenters. The van der Waals surface area contributed by atoms with Gasteiger partial charge in [0.05, 0.1) is 27.2 Å². The van der Waals surface area contributed by atoms with E-state index >= 15 is 0 Å². The maximum Gasteiger partial charge on any atom is 0.105 e. The smallest absolute Gasteiger partial charge is 0.105 e. The molecule has 0 spiro atoms. The van der Waals surface area contributed by atoms with Gasteiger partial charge >= 0.3 is 0 Å². The quantitative estimate of drug-likeness (QED) is 0.291. The second kappa shape index (κ2) is 15.2. The zero-order chi connectivity index (χ0) is 18.3. The third-order valence-electron chi connectivity index (χ3n) is 4.69. The van der Waals surface area contributed by atoms with Crippen LogP contribution in [0.15, 0.2) is 0 Å². The first-order valence-electron chi connectivity index (χ1n) is 10.5. The lowest BCUT2D eigenvalue weighted by atomic mass is 10.0. The van der Waals surface area contributed by atoms with E-state index in [0.29, 0.717) is 13.0 Å². The van der Waals surface area contributed by atoms with Gasteiger partial charge in [-0.1, -0.05) is 84.0 Å². The molecule has 0 bridgehead atoms. The average Bonchev–Trinajstić information content (AvgIpc) is 2.46. The molecule has 0 aliphatic heterocycles. The van der Waals surface area contributed by atoms with Crippen molar-refractivity contribution in [3.63, 3.8) is 0 Å². The van der Waals surface area contributed by atoms with Gasteiger partial charge in [0.1, 0.15) is 12.6 Å². The highest BCUT2D eigenvalue weighted by molar-refractivity contribution is 4.63. The minimum atomic E-state index is -0.391. The summed E-state index contributed by atoms with van der Waals surface area (Å²) in [6.07, 6.45) is 16.8. The third-order valence-corrected chi connectivity index (χ3v) is 4.69. The first-order chi connectivity index (χ1) is 11.3. The average molecular weight is 345 g/mol. The highest BCUT2D eigenvalue weighted by Crippen LogP contribution is 2.14. The van der Waals surface area contributed by atoms with E-state index in [1.54, 1.807) is 0 Å². The number of aliphatic hydroxyl groups is 2. The molecule has 0 amide bonds. The zero-order valence-corrected chi connectivity index (χ0v) is 17.1. The number of nitrogens with zero attached hydrogens (tertiary/aromatic N) is 1. The Morgan fingerprint density at radius 2 is 1.04 bits per heavy atom. The predicted molar refractivity (Wildman–Crippen MR) is 105 cm³/mol. The fraction of sp³-hybridized carbons (Fsp3) is 1.00. The van der Waals surface area contributed by atoms with Crippen molar-refractivity contribution < 1.29 is 14.7 Å². The molecule has 2 atom stereocenters. The molecule has 0 fully saturated rings. The Morgan fingerprint density at radius 3 is 1.46 bits per heavy atom. The van der Waals surface area contributed by atoms with E-state index in [9.17, 15) is 10.2 Å². The number of aliphatic hydroxyl groups excluding tert-OH is 2. The van der Waals surface area contributed by atoms with Crippen molar-refractivity contribution in [2.45, 2.75) is 109 Å². The zero-order valence-electron chi connectivity index (χ0n) is 17.1. The van der Waals surface area contributed by atoms with E-state index in [1.807, 2.05) is 0 Å². The lowest BCUT2D eigenvalue weighted by Crippen LogP contribution is -2.42. The summed E-state index contributed by atoms with van der Waals surface area (Å²) in [5.74, 6) is 0. The van der Waals surface area contributed by atoms with Gasteiger partial charge in [0, 0.05) is 6.42 Å². The van der Waals surface area contributed by atoms with Crippen LogP contribution in [-0.2, 0) is 0 Å². The third kappa shape index (κ3) is 18.2. The van der Waals surface area contributed by atoms with Crippen molar-refractivity contribution in [1.29, 1.82) is 0 Å². The van der Waals surface area contributed by atoms with Crippen molar-refractivity contribution in [3.8, 4) is 0 Å². The van der Waals surface area contributed by atoms with Crippen molar-refractivity contribution in [2.24, 2.45) is 0 Å². The summed E-state index contributed by atoms with van der Waals surface area (Å²) in [7, 11) is 6.21. The van der Waals surface area contributed by atoms with Crippen LogP contribution < -0.4 is 0 Å². The van der Waals surface area contributed by atoms with Gasteiger partial charge in [0.25, 0.3) is 0 Å². The summed E-state index contributed by atoms with van der Waals surface area (Å²) in [6, 6.07) is 0. The molecule has 0 radical (unpaired) electrons. The Bertz CT molecular complexity index is 263. The monoisotopic (exact) mass is 344 g/mol. The first-order valence-corrected chi connectivity index (χ1v) is 10.5. The summed E-state index contributed by atoms with van der Waals surface area (Å²) in [4.78, 5) is 0. The Balaban J connectivity index is 3.32. The molecule has 0 rings (SSSR count). The van der Waals surface area contributed by atoms with Crippen LogP contribution in [0.4, 0.5) is 0 Å². The van der Waals surface area contributed by atoms with Crippen LogP contribution in [0.25, 0.3) is 0 Å². The number of unbranched alkanes of at least 4 members (excludes halogenated alkanes) is 11. The Morgan fingerprint density at radius 1 is 0.625 bits per heavy atom. The van der Waals surface area contributed by atoms with Gasteiger partial charge in [0.2, 0.25) is 0 Å². The lowest BCUT2D eigenvalue weighted by molar-refractivity contribution is -0.873. The maximum atomic E-state index is 10.0. The Hall–Kier alpha value is -0.120. The van der Waals surface area contributed by atoms with E-state index in [-0.39, 0.29) is 6.10 Å². The van der Waals surface area contributed by atoms with E-state index in [4.69, 9.17) is 0 Å². The van der Waals surface area contributed by atoms with Gasteiger partial charge in [-0.2, -0.15) is 0 Å². The number of hydrogen-bond acceptors (Lipinski definition) is 2. The van der Waals surface area contributed by atoms with E-state index in [2.05, 4.69) is 28.1 Å². The Labute approximate surface area is 152 Å². The second-order valence-corrected chi connectivity index (χ2v) is 8.69. The van der Waals surface area contributed by atoms with Crippen LogP contribution in [0.5, 0.6) is 0 Å². The van der Waals surface area contributed by atoms with Crippen LogP contribution >= 0.6 is 0 Å². The standard InChI is InChI=1S/C21H46NO2/c1-5-6-7-8-9-10-11-12-13-14-15-16-17-20(23)18-21(24)19-22(2,3)4/h20-21,23-24H,5-19H2,1-4H3/q+1. The molecular weight excluding hydrogens is 298 g/mol. The lowest BCUT2D eigenvalue weighted by Gasteiger charge is -2.27. The number of rotatable bonds is 17. The first kappa shape index (κ1) is 23.9. The van der Waals surface area contributed by atoms with E-state index in [1.165, 1.54) is 70.6 Å². The summed E-state index contributed by atoms with van der Waals surface area (Å²) in [5, 5.41) is 20.0. The summed E-state index contributed by atoms with van der Waals surface area (Å²) >= 11 is 0. The second-order valence-electron chi connectivity index (χ2n) is 8.69. The Kier molecular flexibility index (Phi) is 15.1. The van der Waals surface area contributed by atoms with Crippen LogP contribution in [0.2, 0.25) is 0 Å². The molecule has 0 aliphatic rings. The van der Waals surface area contributed by atoms with Crippen LogP contribution in [0.1, 0.15) is 96.8 Å². The highest BCUT2D eigenvalue weighted by Gasteiger charge is 2.18. The SMILES string of the molecule is CCCCCCCCCCCCCCC(O)CC(O)C[N+](C)(C)C. The predicted octanol–water partition coefficient (Wildman–Crippen LogP) is 4.90. The molecule has 3 heteroatoms. The van der Waals surface area contributed by atoms with Crippen LogP contribution in [0.3, 0.4) is 0 Å². The van der Waals surface area contributed by atoms with E-state index < -0.39 is 6.10 Å². The maximum absolute atomic E-state index is 10.0. The number of likely N-dealkylation sites (N-methyl/N-ethyl adjacent to an activating group) is 1. The van der Waals surface area contributed by atoms with Gasteiger partial charge in [-0.25, -0.2) is 0 Å². The van der Waals surface area contributed by atoms with Gasteiger partial charge in [-0.05, 0) is 6.42 Å². The minimum Gasteiger partial charge on any atom is -0.393 e. The fourth-order valence-electron chi connectivity index (χ4n) is 3.36. The van der Waals surface area contributed by atoms with Crippen molar-refractivity contribution >= 4 is 0 Å². The van der Waals surface area contributed by atoms with Crippen molar-refractivity contribution in [2.75, 3.05) is 27.7 Å². The molecule has 0 saturated heterocycles. The topological polar surface area (TPSA) is 40.5 Å². The van der Waals surface area contributed by atoms with Gasteiger partial charge < -0.3 is 14.7 Å². The van der Waals surface area contributed by atoms with Crippen molar-refractivity contribution in [1.82, 2.24) is 0 Å². The molecule has 0 saturated carbocycles. The molecule has 0 aromatic carbocycles. The highest BCUT2D eigenvalue weighted by atomic mass is 16.3. The number of hydrogen-bond donors (Lipinski definition) is 2. The van der Waals surface area contributed by atoms with Gasteiger partial charge in [-0.15, -0.1) is 0 Å². The molecule has 0 aliphatic carbocycles. The molecule has 0 heterocycles. The molecule has 24 heavy (non-hydrogen) atoms. The molecule has 0 aromatic rings. The minimum absolute atomic E-state index is 0.338. The summed E-state index contributed by atoms with van der Waals surface area (Å²) in [6.45, 7) is 2.97. The summed E-state index contributed by atoms with van der Waals surface area (Å²) < 4.78 is 0.743. The van der Waals surface area contributed by atoms with Crippen molar-refractivity contribution in [3.05, 3.63) is 0 Å². The molecule has 2 N–H and O–H groups in total. The van der Waals surface area contributed by atoms with Crippen LogP contribution in [-0.4, -0.2) is 54.6 Å². The van der Waals surface area contributed by atoms with E-state index in [0.717, 1.165) is 17.3 Å².